The van der Waals surface area contributed by atoms with Crippen molar-refractivity contribution in [1.82, 2.24) is 4.90 Å². The quantitative estimate of drug-likeness (QED) is 0.852. The molecule has 1 aliphatic heterocycles. The lowest BCUT2D eigenvalue weighted by atomic mass is 10.1. The van der Waals surface area contributed by atoms with Crippen LogP contribution in [-0.4, -0.2) is 37.0 Å². The molecule has 1 fully saturated rings. The smallest absolute Gasteiger partial charge is 0.246 e. The molecule has 0 unspecified atom stereocenters. The van der Waals surface area contributed by atoms with Gasteiger partial charge in [0.05, 0.1) is 26.2 Å². The largest absolute Gasteiger partial charge is 0.328 e. The van der Waals surface area contributed by atoms with Gasteiger partial charge in [-0.2, -0.15) is 0 Å². The minimum Gasteiger partial charge on any atom is -0.328 e. The van der Waals surface area contributed by atoms with E-state index in [0.717, 1.165) is 38.3 Å². The minimum atomic E-state index is 0.123. The zero-order valence-corrected chi connectivity index (χ0v) is 15.2. The summed E-state index contributed by atoms with van der Waals surface area (Å²) in [4.78, 5) is 16.0. The molecule has 3 nitrogen and oxygen atoms in total. The molecule has 0 bridgehead atoms. The number of quaternary nitrogens is 1. The van der Waals surface area contributed by atoms with Crippen LogP contribution in [-0.2, 0) is 11.3 Å². The van der Waals surface area contributed by atoms with Crippen LogP contribution in [0.1, 0.15) is 22.3 Å². The number of hydrogen-bond acceptors (Lipinski definition) is 1. The Bertz CT molecular complexity index is 758. The molecule has 1 saturated heterocycles. The highest BCUT2D eigenvalue weighted by atomic mass is 16.2. The summed E-state index contributed by atoms with van der Waals surface area (Å²) < 4.78 is 0. The van der Waals surface area contributed by atoms with Crippen molar-refractivity contribution in [3.8, 4) is 0 Å². The van der Waals surface area contributed by atoms with Crippen molar-refractivity contribution in [2.45, 2.75) is 20.4 Å². The second kappa shape index (κ2) is 8.13. The van der Waals surface area contributed by atoms with Gasteiger partial charge in [-0.3, -0.25) is 4.79 Å². The van der Waals surface area contributed by atoms with E-state index in [4.69, 9.17) is 0 Å². The molecule has 1 amide bonds. The van der Waals surface area contributed by atoms with Crippen molar-refractivity contribution >= 4 is 12.0 Å². The third-order valence-corrected chi connectivity index (χ3v) is 5.08. The number of rotatable bonds is 4. The van der Waals surface area contributed by atoms with Gasteiger partial charge in [-0.25, -0.2) is 0 Å². The van der Waals surface area contributed by atoms with E-state index in [1.807, 2.05) is 29.2 Å². The molecule has 1 heterocycles. The molecular formula is C22H27N2O+. The molecule has 0 aliphatic carbocycles. The maximum absolute atomic E-state index is 12.4. The second-order valence-corrected chi connectivity index (χ2v) is 6.87. The predicted octanol–water partition coefficient (Wildman–Crippen LogP) is 2.24. The van der Waals surface area contributed by atoms with Gasteiger partial charge >= 0.3 is 0 Å². The minimum absolute atomic E-state index is 0.123. The van der Waals surface area contributed by atoms with Gasteiger partial charge in [0.25, 0.3) is 0 Å². The number of benzene rings is 2. The lowest BCUT2D eigenvalue weighted by molar-refractivity contribution is -0.917. The van der Waals surface area contributed by atoms with Crippen LogP contribution in [0.25, 0.3) is 6.08 Å². The number of piperazine rings is 1. The average molecular weight is 335 g/mol. The van der Waals surface area contributed by atoms with Crippen molar-refractivity contribution in [2.24, 2.45) is 0 Å². The Kier molecular flexibility index (Phi) is 5.67. The van der Waals surface area contributed by atoms with E-state index in [1.54, 1.807) is 11.0 Å². The Hall–Kier alpha value is -2.39. The summed E-state index contributed by atoms with van der Waals surface area (Å²) in [6.45, 7) is 8.98. The van der Waals surface area contributed by atoms with Gasteiger partial charge in [0.1, 0.15) is 6.54 Å². The van der Waals surface area contributed by atoms with E-state index in [0.29, 0.717) is 0 Å². The van der Waals surface area contributed by atoms with Gasteiger partial charge in [-0.1, -0.05) is 48.5 Å². The van der Waals surface area contributed by atoms with Gasteiger partial charge in [-0.05, 0) is 36.6 Å². The molecule has 0 radical (unpaired) electrons. The van der Waals surface area contributed by atoms with E-state index >= 15 is 0 Å². The van der Waals surface area contributed by atoms with Crippen LogP contribution in [0.15, 0.2) is 54.6 Å². The van der Waals surface area contributed by atoms with E-state index in [1.165, 1.54) is 16.7 Å². The molecular weight excluding hydrogens is 308 g/mol. The number of nitrogens with zero attached hydrogens (tertiary/aromatic N) is 1. The van der Waals surface area contributed by atoms with Crippen LogP contribution in [0.2, 0.25) is 0 Å². The van der Waals surface area contributed by atoms with E-state index in [9.17, 15) is 4.79 Å². The van der Waals surface area contributed by atoms with Gasteiger partial charge in [0.15, 0.2) is 0 Å². The summed E-state index contributed by atoms with van der Waals surface area (Å²) in [7, 11) is 0. The van der Waals surface area contributed by atoms with Gasteiger partial charge in [0.2, 0.25) is 5.91 Å². The Morgan fingerprint density at radius 1 is 1.00 bits per heavy atom. The lowest BCUT2D eigenvalue weighted by Gasteiger charge is -2.32. The van der Waals surface area contributed by atoms with Crippen molar-refractivity contribution in [1.29, 1.82) is 0 Å². The number of carbonyl (C=O) groups is 1. The molecule has 1 N–H and O–H groups in total. The summed E-state index contributed by atoms with van der Waals surface area (Å²) in [5.41, 5.74) is 5.07. The summed E-state index contributed by atoms with van der Waals surface area (Å²) in [6.07, 6.45) is 3.65. The molecule has 2 aromatic carbocycles. The molecule has 0 spiro atoms. The third-order valence-electron chi connectivity index (χ3n) is 5.08. The first kappa shape index (κ1) is 17.4. The van der Waals surface area contributed by atoms with Crippen molar-refractivity contribution in [2.75, 3.05) is 26.2 Å². The van der Waals surface area contributed by atoms with E-state index in [2.05, 4.69) is 44.2 Å². The summed E-state index contributed by atoms with van der Waals surface area (Å²) in [6, 6.07) is 16.7. The summed E-state index contributed by atoms with van der Waals surface area (Å²) in [5.74, 6) is 0.123. The Morgan fingerprint density at radius 3 is 2.32 bits per heavy atom. The van der Waals surface area contributed by atoms with Crippen LogP contribution < -0.4 is 4.90 Å². The predicted molar refractivity (Wildman–Crippen MR) is 102 cm³/mol. The van der Waals surface area contributed by atoms with E-state index in [-0.39, 0.29) is 5.91 Å². The monoisotopic (exact) mass is 335 g/mol. The molecule has 0 saturated carbocycles. The Labute approximate surface area is 150 Å². The first-order valence-corrected chi connectivity index (χ1v) is 9.04. The Balaban J connectivity index is 1.53. The van der Waals surface area contributed by atoms with Gasteiger partial charge in [0, 0.05) is 11.6 Å². The van der Waals surface area contributed by atoms with Crippen LogP contribution in [0, 0.1) is 13.8 Å². The molecule has 3 rings (SSSR count). The van der Waals surface area contributed by atoms with Crippen LogP contribution >= 0.6 is 0 Å². The fraction of sp³-hybridized carbons (Fsp3) is 0.318. The zero-order valence-electron chi connectivity index (χ0n) is 15.2. The number of amides is 1. The molecule has 0 atom stereocenters. The molecule has 1 aliphatic rings. The number of carbonyl (C=O) groups excluding carboxylic acids is 1. The third kappa shape index (κ3) is 4.58. The highest BCUT2D eigenvalue weighted by Crippen LogP contribution is 2.09. The normalized spacial score (nSPS) is 15.7. The maximum atomic E-state index is 12.4. The van der Waals surface area contributed by atoms with E-state index < -0.39 is 0 Å². The number of aryl methyl sites for hydroxylation is 2. The van der Waals surface area contributed by atoms with Gasteiger partial charge < -0.3 is 9.80 Å². The average Bonchev–Trinajstić information content (AvgIpc) is 2.63. The number of hydrogen-bond donors (Lipinski definition) is 1. The van der Waals surface area contributed by atoms with Crippen LogP contribution in [0.5, 0.6) is 0 Å². The SMILES string of the molecule is Cc1ccccc1/C=C/C(=O)N1CC[NH+](Cc2ccccc2C)CC1. The molecule has 130 valence electrons. The van der Waals surface area contributed by atoms with Crippen LogP contribution in [0.3, 0.4) is 0 Å². The van der Waals surface area contributed by atoms with Crippen molar-refractivity contribution < 1.29 is 9.69 Å². The molecule has 3 heteroatoms. The highest BCUT2D eigenvalue weighted by molar-refractivity contribution is 5.92. The fourth-order valence-electron chi connectivity index (χ4n) is 3.34. The molecule has 25 heavy (non-hydrogen) atoms. The maximum Gasteiger partial charge on any atom is 0.246 e. The standard InChI is InChI=1S/C22H26N2O/c1-18-7-3-5-9-20(18)11-12-22(25)24-15-13-23(14-16-24)17-21-10-6-4-8-19(21)2/h3-12H,13-17H2,1-2H3/p+1/b12-11+. The molecule has 0 aromatic heterocycles. The second-order valence-electron chi connectivity index (χ2n) is 6.87. The Morgan fingerprint density at radius 2 is 1.64 bits per heavy atom. The van der Waals surface area contributed by atoms with Crippen molar-refractivity contribution in [3.05, 3.63) is 76.9 Å². The first-order chi connectivity index (χ1) is 12.1. The van der Waals surface area contributed by atoms with Crippen LogP contribution in [0.4, 0.5) is 0 Å². The first-order valence-electron chi connectivity index (χ1n) is 9.04. The lowest BCUT2D eigenvalue weighted by Crippen LogP contribution is -3.13. The number of nitrogens with one attached hydrogen (secondary N) is 1. The zero-order chi connectivity index (χ0) is 17.6. The summed E-state index contributed by atoms with van der Waals surface area (Å²) >= 11 is 0. The topological polar surface area (TPSA) is 24.8 Å². The van der Waals surface area contributed by atoms with Crippen molar-refractivity contribution in [3.63, 3.8) is 0 Å². The van der Waals surface area contributed by atoms with Gasteiger partial charge in [-0.15, -0.1) is 0 Å². The fourth-order valence-corrected chi connectivity index (χ4v) is 3.34. The summed E-state index contributed by atoms with van der Waals surface area (Å²) in [5, 5.41) is 0. The molecule has 2 aromatic rings. The highest BCUT2D eigenvalue weighted by Gasteiger charge is 2.22.